The molecule has 3 aromatic carbocycles. The third-order valence-corrected chi connectivity index (χ3v) is 6.28. The second kappa shape index (κ2) is 9.58. The fraction of sp³-hybridized carbons (Fsp3) is 0.259. The molecule has 0 aliphatic carbocycles. The van der Waals surface area contributed by atoms with E-state index in [-0.39, 0.29) is 5.56 Å². The molecular weight excluding hydrogens is 444 g/mol. The first-order valence-corrected chi connectivity index (χ1v) is 11.8. The van der Waals surface area contributed by atoms with Gasteiger partial charge in [0, 0.05) is 18.5 Å². The standard InChI is InChI=1S/C27H26N4O4/c1-17(35-21-12-10-18-7-4-5-8-19(18)15-21)25(32)29-30-26(33)20-11-13-22-23(16-20)28-24-9-3-2-6-14-31(24)27(22)34/h4-5,7-8,10-13,15-17H,2-3,6,9,14H2,1H3,(H,29,32)(H,30,33). The number of hydrogen-bond donors (Lipinski definition) is 2. The summed E-state index contributed by atoms with van der Waals surface area (Å²) < 4.78 is 7.49. The van der Waals surface area contributed by atoms with Gasteiger partial charge in [0.15, 0.2) is 6.10 Å². The first kappa shape index (κ1) is 22.6. The molecule has 2 heterocycles. The van der Waals surface area contributed by atoms with Crippen LogP contribution in [0.5, 0.6) is 5.75 Å². The largest absolute Gasteiger partial charge is 0.481 e. The third kappa shape index (κ3) is 4.73. The molecule has 2 N–H and O–H groups in total. The van der Waals surface area contributed by atoms with Crippen LogP contribution in [0.2, 0.25) is 0 Å². The van der Waals surface area contributed by atoms with Gasteiger partial charge in [0.2, 0.25) is 0 Å². The quantitative estimate of drug-likeness (QED) is 0.445. The number of fused-ring (bicyclic) bond motifs is 3. The van der Waals surface area contributed by atoms with E-state index in [4.69, 9.17) is 4.74 Å². The number of nitrogens with one attached hydrogen (secondary N) is 2. The summed E-state index contributed by atoms with van der Waals surface area (Å²) in [5.41, 5.74) is 5.53. The molecule has 8 nitrogen and oxygen atoms in total. The summed E-state index contributed by atoms with van der Waals surface area (Å²) in [6.45, 7) is 2.28. The predicted octanol–water partition coefficient (Wildman–Crippen LogP) is 3.50. The van der Waals surface area contributed by atoms with Crippen LogP contribution in [0.15, 0.2) is 65.5 Å². The van der Waals surface area contributed by atoms with Gasteiger partial charge in [0.1, 0.15) is 11.6 Å². The molecule has 1 atom stereocenters. The lowest BCUT2D eigenvalue weighted by Gasteiger charge is -2.16. The van der Waals surface area contributed by atoms with Gasteiger partial charge in [0.05, 0.1) is 10.9 Å². The van der Waals surface area contributed by atoms with Crippen molar-refractivity contribution in [1.82, 2.24) is 20.4 Å². The van der Waals surface area contributed by atoms with E-state index in [0.717, 1.165) is 42.3 Å². The summed E-state index contributed by atoms with van der Waals surface area (Å²) in [7, 11) is 0. The minimum atomic E-state index is -0.828. The van der Waals surface area contributed by atoms with Crippen LogP contribution < -0.4 is 21.1 Å². The average molecular weight is 471 g/mol. The monoisotopic (exact) mass is 470 g/mol. The van der Waals surface area contributed by atoms with Crippen molar-refractivity contribution in [3.05, 3.63) is 82.4 Å². The van der Waals surface area contributed by atoms with Crippen LogP contribution in [0.1, 0.15) is 42.4 Å². The van der Waals surface area contributed by atoms with Gasteiger partial charge < -0.3 is 4.74 Å². The Bertz CT molecular complexity index is 1490. The molecule has 2 amide bonds. The Morgan fingerprint density at radius 1 is 0.971 bits per heavy atom. The molecule has 0 spiro atoms. The van der Waals surface area contributed by atoms with Crippen LogP contribution in [0, 0.1) is 0 Å². The number of amides is 2. The van der Waals surface area contributed by atoms with E-state index in [1.165, 1.54) is 0 Å². The highest BCUT2D eigenvalue weighted by molar-refractivity contribution is 5.98. The highest BCUT2D eigenvalue weighted by Crippen LogP contribution is 2.21. The molecule has 5 rings (SSSR count). The van der Waals surface area contributed by atoms with Crippen molar-refractivity contribution >= 4 is 33.5 Å². The van der Waals surface area contributed by atoms with Crippen LogP contribution in [-0.2, 0) is 17.8 Å². The predicted molar refractivity (Wildman–Crippen MR) is 133 cm³/mol. The van der Waals surface area contributed by atoms with Gasteiger partial charge in [-0.15, -0.1) is 0 Å². The molecule has 4 aromatic rings. The Morgan fingerprint density at radius 2 is 1.80 bits per heavy atom. The molecule has 1 unspecified atom stereocenters. The Balaban J connectivity index is 1.25. The van der Waals surface area contributed by atoms with E-state index in [9.17, 15) is 14.4 Å². The summed E-state index contributed by atoms with van der Waals surface area (Å²) >= 11 is 0. The van der Waals surface area contributed by atoms with Gasteiger partial charge in [-0.3, -0.25) is 29.8 Å². The SMILES string of the molecule is CC(Oc1ccc2ccccc2c1)C(=O)NNC(=O)c1ccc2c(=O)n3c(nc2c1)CCCCC3. The fourth-order valence-corrected chi connectivity index (χ4v) is 4.35. The van der Waals surface area contributed by atoms with Gasteiger partial charge in [-0.2, -0.15) is 0 Å². The summed E-state index contributed by atoms with van der Waals surface area (Å²) in [5, 5.41) is 2.56. The number of hydrogen-bond acceptors (Lipinski definition) is 5. The van der Waals surface area contributed by atoms with Crippen molar-refractivity contribution < 1.29 is 14.3 Å². The molecule has 0 saturated heterocycles. The van der Waals surface area contributed by atoms with Crippen LogP contribution in [0.3, 0.4) is 0 Å². The van der Waals surface area contributed by atoms with Crippen LogP contribution >= 0.6 is 0 Å². The number of aryl methyl sites for hydroxylation is 1. The average Bonchev–Trinajstić information content (AvgIpc) is 3.12. The molecule has 35 heavy (non-hydrogen) atoms. The van der Waals surface area contributed by atoms with E-state index >= 15 is 0 Å². The second-order valence-corrected chi connectivity index (χ2v) is 8.74. The lowest BCUT2D eigenvalue weighted by atomic mass is 10.1. The van der Waals surface area contributed by atoms with Crippen molar-refractivity contribution in [3.63, 3.8) is 0 Å². The van der Waals surface area contributed by atoms with Gasteiger partial charge >= 0.3 is 0 Å². The lowest BCUT2D eigenvalue weighted by molar-refractivity contribution is -0.128. The molecule has 0 bridgehead atoms. The highest BCUT2D eigenvalue weighted by Gasteiger charge is 2.18. The zero-order valence-corrected chi connectivity index (χ0v) is 19.4. The van der Waals surface area contributed by atoms with E-state index in [1.807, 2.05) is 36.4 Å². The third-order valence-electron chi connectivity index (χ3n) is 6.28. The van der Waals surface area contributed by atoms with Gasteiger partial charge in [-0.05, 0) is 60.9 Å². The molecule has 0 radical (unpaired) electrons. The molecule has 1 aromatic heterocycles. The van der Waals surface area contributed by atoms with Crippen LogP contribution in [0.25, 0.3) is 21.7 Å². The van der Waals surface area contributed by atoms with Crippen molar-refractivity contribution in [2.24, 2.45) is 0 Å². The highest BCUT2D eigenvalue weighted by atomic mass is 16.5. The number of benzene rings is 3. The van der Waals surface area contributed by atoms with Crippen molar-refractivity contribution in [3.8, 4) is 5.75 Å². The van der Waals surface area contributed by atoms with E-state index in [2.05, 4.69) is 15.8 Å². The van der Waals surface area contributed by atoms with Gasteiger partial charge in [-0.25, -0.2) is 4.98 Å². The van der Waals surface area contributed by atoms with E-state index < -0.39 is 17.9 Å². The summed E-state index contributed by atoms with van der Waals surface area (Å²) in [5.74, 6) is 0.318. The molecule has 8 heteroatoms. The number of aromatic nitrogens is 2. The number of hydrazine groups is 1. The van der Waals surface area contributed by atoms with Crippen LogP contribution in [0.4, 0.5) is 0 Å². The molecule has 0 fully saturated rings. The number of carbonyl (C=O) groups is 2. The Hall–Kier alpha value is -4.20. The smallest absolute Gasteiger partial charge is 0.279 e. The molecule has 178 valence electrons. The Labute approximate surface area is 201 Å². The Morgan fingerprint density at radius 3 is 2.66 bits per heavy atom. The molecule has 1 aliphatic heterocycles. The number of ether oxygens (including phenoxy) is 1. The summed E-state index contributed by atoms with van der Waals surface area (Å²) in [4.78, 5) is 42.7. The molecule has 0 saturated carbocycles. The minimum absolute atomic E-state index is 0.0770. The minimum Gasteiger partial charge on any atom is -0.481 e. The van der Waals surface area contributed by atoms with E-state index in [0.29, 0.717) is 28.8 Å². The first-order chi connectivity index (χ1) is 17.0. The van der Waals surface area contributed by atoms with Crippen molar-refractivity contribution in [1.29, 1.82) is 0 Å². The summed E-state index contributed by atoms with van der Waals surface area (Å²) in [6.07, 6.45) is 2.93. The van der Waals surface area contributed by atoms with Gasteiger partial charge in [0.25, 0.3) is 17.4 Å². The maximum atomic E-state index is 12.9. The van der Waals surface area contributed by atoms with E-state index in [1.54, 1.807) is 35.8 Å². The zero-order chi connectivity index (χ0) is 24.4. The topological polar surface area (TPSA) is 102 Å². The lowest BCUT2D eigenvalue weighted by Crippen LogP contribution is -2.47. The number of carbonyl (C=O) groups excluding carboxylic acids is 2. The van der Waals surface area contributed by atoms with Gasteiger partial charge in [-0.1, -0.05) is 36.8 Å². The van der Waals surface area contributed by atoms with Crippen LogP contribution in [-0.4, -0.2) is 27.5 Å². The number of nitrogens with zero attached hydrogens (tertiary/aromatic N) is 2. The maximum Gasteiger partial charge on any atom is 0.279 e. The second-order valence-electron chi connectivity index (χ2n) is 8.74. The zero-order valence-electron chi connectivity index (χ0n) is 19.4. The number of rotatable bonds is 4. The van der Waals surface area contributed by atoms with Crippen molar-refractivity contribution in [2.45, 2.75) is 45.3 Å². The fourth-order valence-electron chi connectivity index (χ4n) is 4.35. The summed E-state index contributed by atoms with van der Waals surface area (Å²) in [6, 6.07) is 18.2. The molecular formula is C27H26N4O4. The Kier molecular flexibility index (Phi) is 6.18. The first-order valence-electron chi connectivity index (χ1n) is 11.8. The maximum absolute atomic E-state index is 12.9. The molecule has 1 aliphatic rings. The van der Waals surface area contributed by atoms with Crippen molar-refractivity contribution in [2.75, 3.05) is 0 Å². The normalized spacial score (nSPS) is 14.1.